The average Bonchev–Trinajstić information content (AvgIpc) is 2.66. The van der Waals surface area contributed by atoms with Gasteiger partial charge in [0.1, 0.15) is 27.9 Å². The molecule has 0 saturated carbocycles. The molecular formula is C25H33NO4S. The number of benzene rings is 2. The maximum Gasteiger partial charge on any atom is 0.195 e. The third-order valence-electron chi connectivity index (χ3n) is 5.15. The fourth-order valence-electron chi connectivity index (χ4n) is 3.81. The summed E-state index contributed by atoms with van der Waals surface area (Å²) in [6.07, 6.45) is 4.11. The zero-order valence-electron chi connectivity index (χ0n) is 19.3. The molecule has 0 saturated heterocycles. The lowest BCUT2D eigenvalue weighted by Crippen LogP contribution is -2.33. The van der Waals surface area contributed by atoms with Gasteiger partial charge in [-0.1, -0.05) is 32.1 Å². The first-order chi connectivity index (χ1) is 14.5. The average molecular weight is 444 g/mol. The number of hydrogen-bond acceptors (Lipinski definition) is 5. The van der Waals surface area contributed by atoms with E-state index in [1.807, 2.05) is 43.9 Å². The van der Waals surface area contributed by atoms with Gasteiger partial charge in [0.05, 0.1) is 7.11 Å². The standard InChI is InChI=1S/C25H33NO4S/c1-18(2)15-26(17-31(27,28)24-10-7-19(3)13-23(24)29-6)16-20-8-9-22-21(14-20)11-12-25(4,5)30-22/h7-14,18H,15-17H2,1-6H3. The predicted octanol–water partition coefficient (Wildman–Crippen LogP) is 5.08. The Morgan fingerprint density at radius 1 is 1.13 bits per heavy atom. The van der Waals surface area contributed by atoms with Gasteiger partial charge in [-0.25, -0.2) is 8.42 Å². The number of hydrogen-bond donors (Lipinski definition) is 0. The normalized spacial score (nSPS) is 15.1. The quantitative estimate of drug-likeness (QED) is 0.570. The molecule has 1 aliphatic rings. The molecule has 1 aliphatic heterocycles. The Bertz CT molecular complexity index is 1070. The van der Waals surface area contributed by atoms with Crippen molar-refractivity contribution in [1.82, 2.24) is 4.90 Å². The number of aryl methyl sites for hydroxylation is 1. The van der Waals surface area contributed by atoms with Crippen LogP contribution in [0.4, 0.5) is 0 Å². The van der Waals surface area contributed by atoms with Crippen molar-refractivity contribution in [3.63, 3.8) is 0 Å². The van der Waals surface area contributed by atoms with Gasteiger partial charge in [-0.2, -0.15) is 0 Å². The molecule has 0 fully saturated rings. The molecule has 0 bridgehead atoms. The largest absolute Gasteiger partial charge is 0.495 e. The van der Waals surface area contributed by atoms with Gasteiger partial charge in [-0.05, 0) is 68.2 Å². The van der Waals surface area contributed by atoms with Crippen LogP contribution in [-0.4, -0.2) is 38.5 Å². The molecule has 5 nitrogen and oxygen atoms in total. The van der Waals surface area contributed by atoms with E-state index in [1.165, 1.54) is 7.11 Å². The predicted molar refractivity (Wildman–Crippen MR) is 125 cm³/mol. The van der Waals surface area contributed by atoms with Crippen molar-refractivity contribution in [2.75, 3.05) is 19.5 Å². The van der Waals surface area contributed by atoms with E-state index in [-0.39, 0.29) is 16.4 Å². The molecule has 0 aliphatic carbocycles. The Labute approximate surface area is 186 Å². The van der Waals surface area contributed by atoms with E-state index < -0.39 is 9.84 Å². The monoisotopic (exact) mass is 443 g/mol. The van der Waals surface area contributed by atoms with Crippen molar-refractivity contribution in [3.8, 4) is 11.5 Å². The van der Waals surface area contributed by atoms with Crippen LogP contribution in [0.25, 0.3) is 6.08 Å². The second kappa shape index (κ2) is 9.05. The summed E-state index contributed by atoms with van der Waals surface area (Å²) in [7, 11) is -2.05. The van der Waals surface area contributed by atoms with Crippen LogP contribution < -0.4 is 9.47 Å². The van der Waals surface area contributed by atoms with E-state index in [0.29, 0.717) is 24.8 Å². The van der Waals surface area contributed by atoms with Crippen LogP contribution in [-0.2, 0) is 16.4 Å². The molecule has 0 amide bonds. The van der Waals surface area contributed by atoms with Gasteiger partial charge in [-0.15, -0.1) is 0 Å². The molecule has 0 atom stereocenters. The van der Waals surface area contributed by atoms with Crippen molar-refractivity contribution in [2.45, 2.75) is 51.7 Å². The molecule has 2 aromatic rings. The first kappa shape index (κ1) is 23.4. The maximum atomic E-state index is 13.3. The zero-order chi connectivity index (χ0) is 22.8. The number of rotatable bonds is 8. The summed E-state index contributed by atoms with van der Waals surface area (Å²) in [4.78, 5) is 2.22. The lowest BCUT2D eigenvalue weighted by Gasteiger charge is -2.29. The summed E-state index contributed by atoms with van der Waals surface area (Å²) in [5.74, 6) is 1.50. The highest BCUT2D eigenvalue weighted by molar-refractivity contribution is 7.91. The van der Waals surface area contributed by atoms with E-state index in [1.54, 1.807) is 18.2 Å². The minimum Gasteiger partial charge on any atom is -0.495 e. The Hall–Kier alpha value is -2.31. The summed E-state index contributed by atoms with van der Waals surface area (Å²) in [5.41, 5.74) is 2.71. The minimum absolute atomic E-state index is 0.0684. The first-order valence-corrected chi connectivity index (χ1v) is 12.3. The maximum absolute atomic E-state index is 13.3. The van der Waals surface area contributed by atoms with Crippen LogP contribution in [0.15, 0.2) is 47.4 Å². The third-order valence-corrected chi connectivity index (χ3v) is 6.86. The highest BCUT2D eigenvalue weighted by atomic mass is 32.2. The molecule has 6 heteroatoms. The van der Waals surface area contributed by atoms with Gasteiger partial charge in [0.2, 0.25) is 0 Å². The van der Waals surface area contributed by atoms with Gasteiger partial charge >= 0.3 is 0 Å². The minimum atomic E-state index is -3.56. The van der Waals surface area contributed by atoms with Crippen molar-refractivity contribution in [1.29, 1.82) is 0 Å². The molecular weight excluding hydrogens is 410 g/mol. The SMILES string of the molecule is COc1cc(C)ccc1S(=O)(=O)CN(Cc1ccc2c(c1)C=CC(C)(C)O2)CC(C)C. The molecule has 0 spiro atoms. The van der Waals surface area contributed by atoms with Crippen LogP contribution in [0.3, 0.4) is 0 Å². The molecule has 2 aromatic carbocycles. The molecule has 1 heterocycles. The highest BCUT2D eigenvalue weighted by Gasteiger charge is 2.25. The van der Waals surface area contributed by atoms with Crippen LogP contribution >= 0.6 is 0 Å². The summed E-state index contributed by atoms with van der Waals surface area (Å²) < 4.78 is 37.9. The van der Waals surface area contributed by atoms with E-state index in [4.69, 9.17) is 9.47 Å². The molecule has 31 heavy (non-hydrogen) atoms. The van der Waals surface area contributed by atoms with Crippen molar-refractivity contribution >= 4 is 15.9 Å². The van der Waals surface area contributed by atoms with Crippen LogP contribution in [0.5, 0.6) is 11.5 Å². The molecule has 0 aromatic heterocycles. The molecule has 3 rings (SSSR count). The van der Waals surface area contributed by atoms with Gasteiger partial charge in [0.15, 0.2) is 9.84 Å². The fraction of sp³-hybridized carbons (Fsp3) is 0.440. The zero-order valence-corrected chi connectivity index (χ0v) is 20.1. The first-order valence-electron chi connectivity index (χ1n) is 10.6. The van der Waals surface area contributed by atoms with E-state index in [0.717, 1.165) is 22.4 Å². The summed E-state index contributed by atoms with van der Waals surface area (Å²) in [5, 5.41) is 0. The second-order valence-corrected chi connectivity index (χ2v) is 11.1. The molecule has 0 radical (unpaired) electrons. The number of fused-ring (bicyclic) bond motifs is 1. The van der Waals surface area contributed by atoms with E-state index in [9.17, 15) is 8.42 Å². The van der Waals surface area contributed by atoms with Crippen molar-refractivity contribution < 1.29 is 17.9 Å². The molecule has 0 unspecified atom stereocenters. The third kappa shape index (κ3) is 5.89. The Morgan fingerprint density at radius 3 is 2.55 bits per heavy atom. The molecule has 0 N–H and O–H groups in total. The van der Waals surface area contributed by atoms with Crippen molar-refractivity contribution in [2.24, 2.45) is 5.92 Å². The lowest BCUT2D eigenvalue weighted by atomic mass is 10.0. The van der Waals surface area contributed by atoms with E-state index >= 15 is 0 Å². The summed E-state index contributed by atoms with van der Waals surface area (Å²) >= 11 is 0. The lowest BCUT2D eigenvalue weighted by molar-refractivity contribution is 0.159. The van der Waals surface area contributed by atoms with Gasteiger partial charge < -0.3 is 9.47 Å². The van der Waals surface area contributed by atoms with Crippen LogP contribution in [0.2, 0.25) is 0 Å². The molecule has 168 valence electrons. The van der Waals surface area contributed by atoms with Crippen molar-refractivity contribution in [3.05, 3.63) is 59.2 Å². The number of nitrogens with zero attached hydrogens (tertiary/aromatic N) is 1. The smallest absolute Gasteiger partial charge is 0.195 e. The van der Waals surface area contributed by atoms with Gasteiger partial charge in [0, 0.05) is 18.7 Å². The Morgan fingerprint density at radius 2 is 1.87 bits per heavy atom. The van der Waals surface area contributed by atoms with Crippen LogP contribution in [0.1, 0.15) is 44.4 Å². The fourth-order valence-corrected chi connectivity index (χ4v) is 5.35. The summed E-state index contributed by atoms with van der Waals surface area (Å²) in [6.45, 7) is 11.4. The summed E-state index contributed by atoms with van der Waals surface area (Å²) in [6, 6.07) is 11.3. The highest BCUT2D eigenvalue weighted by Crippen LogP contribution is 2.32. The topological polar surface area (TPSA) is 55.8 Å². The number of methoxy groups -OCH3 is 1. The second-order valence-electron chi connectivity index (χ2n) is 9.21. The van der Waals surface area contributed by atoms with Gasteiger partial charge in [0.25, 0.3) is 0 Å². The number of ether oxygens (including phenoxy) is 2. The van der Waals surface area contributed by atoms with Crippen LogP contribution in [0, 0.1) is 12.8 Å². The Kier molecular flexibility index (Phi) is 6.82. The Balaban J connectivity index is 1.85. The van der Waals surface area contributed by atoms with E-state index in [2.05, 4.69) is 26.0 Å². The number of sulfone groups is 1. The van der Waals surface area contributed by atoms with Gasteiger partial charge in [-0.3, -0.25) is 4.90 Å².